The number of nitrogens with two attached hydrogens (primary N) is 1. The van der Waals surface area contributed by atoms with Gasteiger partial charge in [0.1, 0.15) is 16.9 Å². The van der Waals surface area contributed by atoms with Crippen LogP contribution in [0.15, 0.2) is 24.3 Å². The molecule has 0 aliphatic rings. The van der Waals surface area contributed by atoms with Crippen LogP contribution in [0.2, 0.25) is 0 Å². The van der Waals surface area contributed by atoms with Gasteiger partial charge in [-0.15, -0.1) is 0 Å². The molecule has 0 unspecified atom stereocenters. The Bertz CT molecular complexity index is 967. The van der Waals surface area contributed by atoms with Crippen LogP contribution in [0, 0.1) is 0 Å². The highest BCUT2D eigenvalue weighted by molar-refractivity contribution is 6.10. The molecule has 3 rings (SSSR count). The standard InChI is InChI=1S/C22H31N5O2/c1-3-4-5-6-9-13-24-22(28)18-19-21(27(20(18)23)14-10-15-29-2)26-17-12-8-7-11-16(17)25-19/h7-8,11-12H,3-6,9-10,13-15,23H2,1-2H3,(H,24,28). The summed E-state index contributed by atoms with van der Waals surface area (Å²) < 4.78 is 7.04. The van der Waals surface area contributed by atoms with Crippen LogP contribution in [0.1, 0.15) is 55.8 Å². The van der Waals surface area contributed by atoms with Gasteiger partial charge in [-0.25, -0.2) is 9.97 Å². The third-order valence-electron chi connectivity index (χ3n) is 5.11. The van der Waals surface area contributed by atoms with Gasteiger partial charge in [0.05, 0.1) is 11.0 Å². The van der Waals surface area contributed by atoms with Crippen molar-refractivity contribution in [3.63, 3.8) is 0 Å². The molecule has 3 N–H and O–H groups in total. The monoisotopic (exact) mass is 397 g/mol. The number of aromatic nitrogens is 3. The van der Waals surface area contributed by atoms with Crippen LogP contribution in [0.25, 0.3) is 22.2 Å². The number of anilines is 1. The minimum atomic E-state index is -0.182. The lowest BCUT2D eigenvalue weighted by atomic mass is 10.1. The van der Waals surface area contributed by atoms with E-state index in [1.165, 1.54) is 19.3 Å². The summed E-state index contributed by atoms with van der Waals surface area (Å²) in [5.74, 6) is 0.230. The summed E-state index contributed by atoms with van der Waals surface area (Å²) in [7, 11) is 1.67. The van der Waals surface area contributed by atoms with Crippen LogP contribution in [0.4, 0.5) is 5.82 Å². The molecule has 0 saturated carbocycles. The Balaban J connectivity index is 1.89. The second-order valence-corrected chi connectivity index (χ2v) is 7.31. The fourth-order valence-electron chi connectivity index (χ4n) is 3.55. The van der Waals surface area contributed by atoms with Gasteiger partial charge in [-0.3, -0.25) is 4.79 Å². The van der Waals surface area contributed by atoms with E-state index in [2.05, 4.69) is 12.2 Å². The van der Waals surface area contributed by atoms with Gasteiger partial charge >= 0.3 is 0 Å². The van der Waals surface area contributed by atoms with Crippen molar-refractivity contribution in [2.45, 2.75) is 52.0 Å². The third kappa shape index (κ3) is 4.85. The molecule has 7 heteroatoms. The summed E-state index contributed by atoms with van der Waals surface area (Å²) in [5.41, 5.74) is 9.57. The number of unbranched alkanes of at least 4 members (excludes halogenated alkanes) is 4. The topological polar surface area (TPSA) is 95.1 Å². The summed E-state index contributed by atoms with van der Waals surface area (Å²) in [4.78, 5) is 22.4. The minimum absolute atomic E-state index is 0.182. The minimum Gasteiger partial charge on any atom is -0.385 e. The Kier molecular flexibility index (Phi) is 7.41. The number of methoxy groups -OCH3 is 1. The van der Waals surface area contributed by atoms with Crippen LogP contribution < -0.4 is 11.1 Å². The fourth-order valence-corrected chi connectivity index (χ4v) is 3.55. The second kappa shape index (κ2) is 10.2. The molecule has 29 heavy (non-hydrogen) atoms. The van der Waals surface area contributed by atoms with E-state index in [4.69, 9.17) is 20.4 Å². The van der Waals surface area contributed by atoms with E-state index in [1.807, 2.05) is 28.8 Å². The number of para-hydroxylation sites is 2. The number of nitrogens with one attached hydrogen (secondary N) is 1. The van der Waals surface area contributed by atoms with Gasteiger partial charge in [-0.2, -0.15) is 0 Å². The number of nitrogen functional groups attached to an aromatic ring is 1. The number of nitrogens with zero attached hydrogens (tertiary/aromatic N) is 3. The zero-order chi connectivity index (χ0) is 20.6. The number of hydrogen-bond acceptors (Lipinski definition) is 5. The number of ether oxygens (including phenoxy) is 1. The summed E-state index contributed by atoms with van der Waals surface area (Å²) in [6.07, 6.45) is 6.50. The number of carbonyl (C=O) groups is 1. The SMILES string of the molecule is CCCCCCCNC(=O)c1c(N)n(CCCOC)c2nc3ccccc3nc12. The number of amides is 1. The predicted molar refractivity (Wildman–Crippen MR) is 117 cm³/mol. The highest BCUT2D eigenvalue weighted by Crippen LogP contribution is 2.28. The molecule has 156 valence electrons. The number of carbonyl (C=O) groups excluding carboxylic acids is 1. The van der Waals surface area contributed by atoms with Crippen LogP contribution in [0.5, 0.6) is 0 Å². The van der Waals surface area contributed by atoms with E-state index >= 15 is 0 Å². The molecule has 0 bridgehead atoms. The molecule has 0 aliphatic heterocycles. The van der Waals surface area contributed by atoms with E-state index < -0.39 is 0 Å². The number of benzene rings is 1. The molecule has 2 aromatic heterocycles. The number of fused-ring (bicyclic) bond motifs is 2. The predicted octanol–water partition coefficient (Wildman–Crippen LogP) is 3.90. The molecule has 0 radical (unpaired) electrons. The lowest BCUT2D eigenvalue weighted by molar-refractivity contribution is 0.0955. The number of hydrogen-bond donors (Lipinski definition) is 2. The van der Waals surface area contributed by atoms with E-state index in [0.717, 1.165) is 30.3 Å². The first-order chi connectivity index (χ1) is 14.2. The zero-order valence-electron chi connectivity index (χ0n) is 17.4. The van der Waals surface area contributed by atoms with Crippen molar-refractivity contribution < 1.29 is 9.53 Å². The lowest BCUT2D eigenvalue weighted by Crippen LogP contribution is -2.25. The van der Waals surface area contributed by atoms with Gasteiger partial charge in [-0.1, -0.05) is 44.7 Å². The van der Waals surface area contributed by atoms with Crippen LogP contribution >= 0.6 is 0 Å². The van der Waals surface area contributed by atoms with Crippen molar-refractivity contribution in [1.29, 1.82) is 0 Å². The van der Waals surface area contributed by atoms with Gasteiger partial charge in [0.2, 0.25) is 0 Å². The third-order valence-corrected chi connectivity index (χ3v) is 5.11. The fraction of sp³-hybridized carbons (Fsp3) is 0.500. The van der Waals surface area contributed by atoms with Gasteiger partial charge in [0, 0.05) is 26.8 Å². The number of rotatable bonds is 11. The maximum atomic E-state index is 13.0. The molecular weight excluding hydrogens is 366 g/mol. The van der Waals surface area contributed by atoms with Crippen molar-refractivity contribution in [2.24, 2.45) is 0 Å². The van der Waals surface area contributed by atoms with Crippen molar-refractivity contribution in [1.82, 2.24) is 19.9 Å². The Labute approximate surface area is 171 Å². The van der Waals surface area contributed by atoms with Gasteiger partial charge in [0.15, 0.2) is 5.65 Å². The van der Waals surface area contributed by atoms with Crippen LogP contribution in [-0.2, 0) is 11.3 Å². The highest BCUT2D eigenvalue weighted by atomic mass is 16.5. The van der Waals surface area contributed by atoms with E-state index in [-0.39, 0.29) is 5.91 Å². The lowest BCUT2D eigenvalue weighted by Gasteiger charge is -2.08. The van der Waals surface area contributed by atoms with Crippen molar-refractivity contribution in [3.05, 3.63) is 29.8 Å². The molecule has 0 aliphatic carbocycles. The maximum absolute atomic E-state index is 13.0. The molecular formula is C22H31N5O2. The quantitative estimate of drug-likeness (QED) is 0.479. The van der Waals surface area contributed by atoms with Gasteiger partial charge < -0.3 is 20.4 Å². The van der Waals surface area contributed by atoms with Crippen molar-refractivity contribution in [2.75, 3.05) is 26.0 Å². The zero-order valence-corrected chi connectivity index (χ0v) is 17.4. The summed E-state index contributed by atoms with van der Waals surface area (Å²) in [5, 5.41) is 3.01. The van der Waals surface area contributed by atoms with E-state index in [9.17, 15) is 4.79 Å². The first-order valence-corrected chi connectivity index (χ1v) is 10.5. The Hall–Kier alpha value is -2.67. The molecule has 1 amide bonds. The van der Waals surface area contributed by atoms with Crippen molar-refractivity contribution >= 4 is 33.9 Å². The largest absolute Gasteiger partial charge is 0.385 e. The molecule has 0 saturated heterocycles. The molecule has 0 atom stereocenters. The summed E-state index contributed by atoms with van der Waals surface area (Å²) in [6.45, 7) is 4.06. The summed E-state index contributed by atoms with van der Waals surface area (Å²) >= 11 is 0. The molecule has 2 heterocycles. The Morgan fingerprint density at radius 1 is 1.10 bits per heavy atom. The molecule has 7 nitrogen and oxygen atoms in total. The smallest absolute Gasteiger partial charge is 0.257 e. The van der Waals surface area contributed by atoms with Crippen LogP contribution in [-0.4, -0.2) is 40.7 Å². The Morgan fingerprint density at radius 2 is 1.83 bits per heavy atom. The highest BCUT2D eigenvalue weighted by Gasteiger charge is 2.23. The molecule has 0 fully saturated rings. The second-order valence-electron chi connectivity index (χ2n) is 7.31. The maximum Gasteiger partial charge on any atom is 0.257 e. The van der Waals surface area contributed by atoms with Crippen molar-refractivity contribution in [3.8, 4) is 0 Å². The normalized spacial score (nSPS) is 11.4. The van der Waals surface area contributed by atoms with E-state index in [0.29, 0.717) is 42.2 Å². The van der Waals surface area contributed by atoms with Gasteiger partial charge in [-0.05, 0) is 25.0 Å². The molecule has 0 spiro atoms. The number of aryl methyl sites for hydroxylation is 1. The van der Waals surface area contributed by atoms with Crippen LogP contribution in [0.3, 0.4) is 0 Å². The van der Waals surface area contributed by atoms with Gasteiger partial charge in [0.25, 0.3) is 5.91 Å². The molecule has 3 aromatic rings. The summed E-state index contributed by atoms with van der Waals surface area (Å²) in [6, 6.07) is 7.66. The average molecular weight is 398 g/mol. The molecule has 1 aromatic carbocycles. The van der Waals surface area contributed by atoms with E-state index in [1.54, 1.807) is 7.11 Å². The first-order valence-electron chi connectivity index (χ1n) is 10.5. The average Bonchev–Trinajstić information content (AvgIpc) is 2.99. The first kappa shape index (κ1) is 21.0. The Morgan fingerprint density at radius 3 is 2.55 bits per heavy atom.